The standard InChI is InChI=1S/C45H74O11/c1-12-34-17-15-13-14-16-27(4)42(51)44(11,53)43(52)32(9)40(50)31(8)39(49)30(7)38(48)26(3)18-21-37(47)54-41-29(6)35(20-19-34)55-45(33(41)10)23-22-25(2)36(56-45)24-28(5)46/h13-15,17-18,21,25-36,38,40-42,46,48,50-51,53H,12,16,19-20,22-24H2,1-11H3/b14-13+,17-15-,21-18+/t25-,26-,27+,28+,29+,30-,31-,32-,33-,34-,35-,36-,38+,40+,41+,42-,44-,45+/m1/s1. The molecule has 3 aliphatic rings. The number of ketones is 2. The Kier molecular flexibility index (Phi) is 17.7. The molecule has 0 aromatic heterocycles. The fourth-order valence-electron chi connectivity index (χ4n) is 9.01. The van der Waals surface area contributed by atoms with Crippen LogP contribution >= 0.6 is 0 Å². The maximum absolute atomic E-state index is 13.5. The van der Waals surface area contributed by atoms with Crippen LogP contribution < -0.4 is 0 Å². The number of allylic oxidation sites excluding steroid dienone is 4. The molecule has 3 aliphatic heterocycles. The summed E-state index contributed by atoms with van der Waals surface area (Å²) < 4.78 is 20.0. The summed E-state index contributed by atoms with van der Waals surface area (Å²) >= 11 is 0. The number of rotatable bonds is 3. The van der Waals surface area contributed by atoms with Crippen LogP contribution in [0.15, 0.2) is 36.5 Å². The quantitative estimate of drug-likeness (QED) is 0.216. The lowest BCUT2D eigenvalue weighted by molar-refractivity contribution is -0.371. The van der Waals surface area contributed by atoms with Gasteiger partial charge in [-0.1, -0.05) is 92.7 Å². The number of hydrogen-bond donors (Lipinski definition) is 5. The van der Waals surface area contributed by atoms with Crippen molar-refractivity contribution in [2.75, 3.05) is 0 Å². The number of ether oxygens (including phenoxy) is 3. The summed E-state index contributed by atoms with van der Waals surface area (Å²) in [4.78, 5) is 40.5. The summed E-state index contributed by atoms with van der Waals surface area (Å²) in [6, 6.07) is 0. The Labute approximate surface area is 336 Å². The summed E-state index contributed by atoms with van der Waals surface area (Å²) in [5.41, 5.74) is -2.18. The molecule has 18 atom stereocenters. The molecule has 2 bridgehead atoms. The third-order valence-corrected chi connectivity index (χ3v) is 13.4. The van der Waals surface area contributed by atoms with Gasteiger partial charge in [-0.25, -0.2) is 4.79 Å². The van der Waals surface area contributed by atoms with Crippen molar-refractivity contribution in [2.45, 2.75) is 175 Å². The monoisotopic (exact) mass is 791 g/mol. The van der Waals surface area contributed by atoms with E-state index in [0.717, 1.165) is 19.3 Å². The lowest BCUT2D eigenvalue weighted by atomic mass is 9.74. The molecule has 1 spiro atoms. The second kappa shape index (κ2) is 20.6. The summed E-state index contributed by atoms with van der Waals surface area (Å²) in [6.45, 7) is 19.1. The fraction of sp³-hybridized carbons (Fsp3) is 0.800. The lowest BCUT2D eigenvalue weighted by Gasteiger charge is -2.55. The summed E-state index contributed by atoms with van der Waals surface area (Å²) in [5.74, 6) is -7.28. The molecule has 0 aliphatic carbocycles. The van der Waals surface area contributed by atoms with Gasteiger partial charge < -0.3 is 39.7 Å². The molecule has 11 heteroatoms. The molecule has 0 aromatic rings. The Morgan fingerprint density at radius 2 is 1.48 bits per heavy atom. The smallest absolute Gasteiger partial charge is 0.330 e. The molecule has 0 aromatic carbocycles. The molecule has 0 amide bonds. The number of aliphatic hydroxyl groups is 5. The minimum absolute atomic E-state index is 0.168. The molecule has 320 valence electrons. The van der Waals surface area contributed by atoms with E-state index < -0.39 is 89.0 Å². The molecule has 0 saturated carbocycles. The van der Waals surface area contributed by atoms with E-state index >= 15 is 0 Å². The summed E-state index contributed by atoms with van der Waals surface area (Å²) in [7, 11) is 0. The van der Waals surface area contributed by atoms with E-state index in [2.05, 4.69) is 19.9 Å². The van der Waals surface area contributed by atoms with Gasteiger partial charge in [0, 0.05) is 48.0 Å². The highest BCUT2D eigenvalue weighted by molar-refractivity contribution is 5.91. The van der Waals surface area contributed by atoms with Crippen molar-refractivity contribution in [3.63, 3.8) is 0 Å². The Hall–Kier alpha value is -2.25. The number of carbonyl (C=O) groups is 3. The van der Waals surface area contributed by atoms with E-state index in [1.807, 2.05) is 32.1 Å². The van der Waals surface area contributed by atoms with Crippen LogP contribution in [-0.4, -0.2) is 97.2 Å². The lowest BCUT2D eigenvalue weighted by Crippen LogP contribution is -2.62. The normalized spacial score (nSPS) is 46.8. The van der Waals surface area contributed by atoms with Crippen molar-refractivity contribution in [3.05, 3.63) is 36.5 Å². The van der Waals surface area contributed by atoms with Crippen LogP contribution in [0.3, 0.4) is 0 Å². The fourth-order valence-corrected chi connectivity index (χ4v) is 9.01. The molecule has 56 heavy (non-hydrogen) atoms. The van der Waals surface area contributed by atoms with E-state index in [-0.39, 0.29) is 35.9 Å². The van der Waals surface area contributed by atoms with Crippen LogP contribution in [0.25, 0.3) is 0 Å². The average Bonchev–Trinajstić information content (AvgIpc) is 3.16. The van der Waals surface area contributed by atoms with Crippen molar-refractivity contribution < 1.29 is 54.1 Å². The SMILES string of the molecule is CC[C@@H]1/C=C\C=C\C[C@H](C)[C@@H](O)[C@@](C)(O)C(=O)[C@H](C)[C@@H](O)[C@H](C)C(=O)[C@H](C)[C@@H](O)[C@H](C)/C=C/C(=O)O[C@H]2[C@@H](C)[C@@H](CC1)O[C@]1(CC[C@@H](C)[C@@H](C[C@H](C)O)O1)[C@@H]2C. The third-order valence-electron chi connectivity index (χ3n) is 13.4. The first kappa shape index (κ1) is 48.1. The Bertz CT molecular complexity index is 1390. The number of aliphatic hydroxyl groups excluding tert-OH is 4. The Morgan fingerprint density at radius 3 is 2.11 bits per heavy atom. The molecular formula is C45H74O11. The first-order valence-corrected chi connectivity index (χ1v) is 21.2. The van der Waals surface area contributed by atoms with E-state index in [9.17, 15) is 39.9 Å². The van der Waals surface area contributed by atoms with Gasteiger partial charge in [0.05, 0.1) is 36.6 Å². The van der Waals surface area contributed by atoms with Crippen molar-refractivity contribution in [1.82, 2.24) is 0 Å². The van der Waals surface area contributed by atoms with Crippen LogP contribution in [0.5, 0.6) is 0 Å². The van der Waals surface area contributed by atoms with Gasteiger partial charge in [-0.15, -0.1) is 0 Å². The van der Waals surface area contributed by atoms with E-state index in [1.54, 1.807) is 20.8 Å². The number of hydrogen-bond acceptors (Lipinski definition) is 11. The number of fused-ring (bicyclic) bond motifs is 2. The second-order valence-electron chi connectivity index (χ2n) is 18.0. The zero-order valence-corrected chi connectivity index (χ0v) is 35.8. The van der Waals surface area contributed by atoms with Crippen LogP contribution in [0.1, 0.15) is 121 Å². The second-order valence-corrected chi connectivity index (χ2v) is 18.0. The summed E-state index contributed by atoms with van der Waals surface area (Å²) in [5, 5.41) is 55.0. The largest absolute Gasteiger partial charge is 0.458 e. The van der Waals surface area contributed by atoms with Gasteiger partial charge in [0.1, 0.15) is 17.5 Å². The van der Waals surface area contributed by atoms with E-state index in [0.29, 0.717) is 25.7 Å². The van der Waals surface area contributed by atoms with Crippen molar-refractivity contribution in [2.24, 2.45) is 53.3 Å². The van der Waals surface area contributed by atoms with Crippen LogP contribution in [-0.2, 0) is 28.6 Å². The van der Waals surface area contributed by atoms with Crippen molar-refractivity contribution in [1.29, 1.82) is 0 Å². The highest BCUT2D eigenvalue weighted by Gasteiger charge is 2.56. The van der Waals surface area contributed by atoms with Crippen molar-refractivity contribution >= 4 is 17.5 Å². The van der Waals surface area contributed by atoms with E-state index in [1.165, 1.54) is 39.8 Å². The van der Waals surface area contributed by atoms with Gasteiger partial charge in [-0.3, -0.25) is 9.59 Å². The molecule has 2 fully saturated rings. The van der Waals surface area contributed by atoms with Crippen LogP contribution in [0, 0.1) is 53.3 Å². The molecule has 3 heterocycles. The molecule has 3 rings (SSSR count). The predicted molar refractivity (Wildman–Crippen MR) is 215 cm³/mol. The molecule has 11 nitrogen and oxygen atoms in total. The highest BCUT2D eigenvalue weighted by Crippen LogP contribution is 2.49. The maximum Gasteiger partial charge on any atom is 0.330 e. The minimum Gasteiger partial charge on any atom is -0.458 e. The highest BCUT2D eigenvalue weighted by atomic mass is 16.7. The Balaban J connectivity index is 1.99. The van der Waals surface area contributed by atoms with Crippen LogP contribution in [0.4, 0.5) is 0 Å². The molecular weight excluding hydrogens is 716 g/mol. The zero-order valence-electron chi connectivity index (χ0n) is 35.8. The van der Waals surface area contributed by atoms with Gasteiger partial charge in [0.15, 0.2) is 11.6 Å². The Morgan fingerprint density at radius 1 is 0.839 bits per heavy atom. The van der Waals surface area contributed by atoms with Gasteiger partial charge >= 0.3 is 5.97 Å². The molecule has 2 saturated heterocycles. The van der Waals surface area contributed by atoms with Crippen LogP contribution in [0.2, 0.25) is 0 Å². The third kappa shape index (κ3) is 11.5. The number of carbonyl (C=O) groups excluding carboxylic acids is 3. The molecule has 0 radical (unpaired) electrons. The topological polar surface area (TPSA) is 180 Å². The zero-order chi connectivity index (χ0) is 42.3. The summed E-state index contributed by atoms with van der Waals surface area (Å²) in [6.07, 6.45) is 9.62. The number of Topliss-reactive ketones (excluding diaryl/α,β-unsaturated/α-hetero) is 2. The van der Waals surface area contributed by atoms with Gasteiger partial charge in [-0.2, -0.15) is 0 Å². The van der Waals surface area contributed by atoms with Gasteiger partial charge in [-0.05, 0) is 70.1 Å². The first-order valence-electron chi connectivity index (χ1n) is 21.2. The minimum atomic E-state index is -2.18. The molecule has 5 N–H and O–H groups in total. The van der Waals surface area contributed by atoms with E-state index in [4.69, 9.17) is 14.2 Å². The average molecular weight is 791 g/mol. The number of esters is 1. The van der Waals surface area contributed by atoms with Crippen molar-refractivity contribution in [3.8, 4) is 0 Å². The molecule has 0 unspecified atom stereocenters. The predicted octanol–water partition coefficient (Wildman–Crippen LogP) is 5.88. The first-order chi connectivity index (χ1) is 26.1. The maximum atomic E-state index is 13.5. The van der Waals surface area contributed by atoms with Gasteiger partial charge in [0.25, 0.3) is 0 Å². The van der Waals surface area contributed by atoms with Gasteiger partial charge in [0.2, 0.25) is 0 Å².